The van der Waals surface area contributed by atoms with Crippen molar-refractivity contribution >= 4 is 11.7 Å². The van der Waals surface area contributed by atoms with Crippen molar-refractivity contribution in [2.75, 3.05) is 44.8 Å². The molecule has 4 rings (SSSR count). The molecule has 1 aromatic rings. The summed E-state index contributed by atoms with van der Waals surface area (Å²) in [5.41, 5.74) is 2.52. The minimum Gasteiger partial charge on any atom is -0.463 e. The van der Waals surface area contributed by atoms with E-state index in [9.17, 15) is 9.70 Å². The normalized spacial score (nSPS) is 26.8. The summed E-state index contributed by atoms with van der Waals surface area (Å²) in [4.78, 5) is 32.6. The molecule has 3 fully saturated rings. The Morgan fingerprint density at radius 2 is 2.06 bits per heavy atom. The van der Waals surface area contributed by atoms with Crippen LogP contribution in [0.1, 0.15) is 37.9 Å². The van der Waals surface area contributed by atoms with Gasteiger partial charge < -0.3 is 14.5 Å². The van der Waals surface area contributed by atoms with Crippen LogP contribution in [-0.2, 0) is 9.53 Å². The van der Waals surface area contributed by atoms with E-state index in [1.54, 1.807) is 19.4 Å². The summed E-state index contributed by atoms with van der Waals surface area (Å²) in [6.07, 6.45) is 6.39. The van der Waals surface area contributed by atoms with Crippen LogP contribution in [0.25, 0.3) is 0 Å². The summed E-state index contributed by atoms with van der Waals surface area (Å²) in [6, 6.07) is 3.24. The Morgan fingerprint density at radius 1 is 1.29 bits per heavy atom. The maximum atomic E-state index is 11.8. The summed E-state index contributed by atoms with van der Waals surface area (Å²) in [5.74, 6) is 0.808. The fourth-order valence-corrected chi connectivity index (χ4v) is 5.63. The minimum atomic E-state index is -0.524. The first-order valence-corrected chi connectivity index (χ1v) is 12.3. The number of esters is 1. The number of piperidine rings is 1. The first-order valence-electron chi connectivity index (χ1n) is 12.3. The van der Waals surface area contributed by atoms with E-state index in [-0.39, 0.29) is 17.9 Å². The van der Waals surface area contributed by atoms with Crippen molar-refractivity contribution in [2.45, 2.75) is 38.3 Å². The van der Waals surface area contributed by atoms with Crippen LogP contribution in [-0.4, -0.2) is 66.6 Å². The number of anilines is 1. The molecule has 0 saturated carbocycles. The van der Waals surface area contributed by atoms with Crippen LogP contribution in [0.4, 0.5) is 5.69 Å². The Balaban J connectivity index is 1.30. The zero-order valence-electron chi connectivity index (χ0n) is 20.6. The Hall–Kier alpha value is -3.14. The molecule has 35 heavy (non-hydrogen) atoms. The highest BCUT2D eigenvalue weighted by Gasteiger charge is 2.43. The van der Waals surface area contributed by atoms with Gasteiger partial charge in [0.1, 0.15) is 12.6 Å². The number of cyclic esters (lactones) is 1. The van der Waals surface area contributed by atoms with Crippen molar-refractivity contribution in [2.24, 2.45) is 33.3 Å². The van der Waals surface area contributed by atoms with E-state index >= 15 is 0 Å². The standard InChI is InChI=1S/C25H35N7O3/c1-5-32(29-26-4)20-6-7-22(27-14-20)23(28-34)15-30-11-8-19(9-12-30)21-10-13-31(18(21)3)24-16-35-25(33)17(24)2/h5-7,14,17,19,21,23-24H,1,3,8-13,15-16H2,2,4H3/b29-26-. The van der Waals surface area contributed by atoms with Crippen molar-refractivity contribution in [1.29, 1.82) is 0 Å². The monoisotopic (exact) mass is 481 g/mol. The number of pyridine rings is 1. The average Bonchev–Trinajstić information content (AvgIpc) is 3.42. The lowest BCUT2D eigenvalue weighted by Gasteiger charge is -2.36. The van der Waals surface area contributed by atoms with E-state index in [1.807, 2.05) is 19.1 Å². The highest BCUT2D eigenvalue weighted by atomic mass is 16.5. The number of hydrogen-bond acceptors (Lipinski definition) is 9. The van der Waals surface area contributed by atoms with Crippen LogP contribution in [0.15, 0.2) is 58.9 Å². The lowest BCUT2D eigenvalue weighted by Crippen LogP contribution is -2.39. The van der Waals surface area contributed by atoms with Gasteiger partial charge in [-0.1, -0.05) is 23.6 Å². The van der Waals surface area contributed by atoms with Crippen LogP contribution in [0.5, 0.6) is 0 Å². The quantitative estimate of drug-likeness (QED) is 0.228. The highest BCUT2D eigenvalue weighted by Crippen LogP contribution is 2.41. The van der Waals surface area contributed by atoms with Gasteiger partial charge in [-0.3, -0.25) is 9.78 Å². The first-order chi connectivity index (χ1) is 17.0. The van der Waals surface area contributed by atoms with Gasteiger partial charge in [-0.05, 0) is 57.3 Å². The van der Waals surface area contributed by atoms with Crippen LogP contribution >= 0.6 is 0 Å². The number of aromatic nitrogens is 1. The van der Waals surface area contributed by atoms with Gasteiger partial charge in [-0.2, -0.15) is 10.0 Å². The second-order valence-corrected chi connectivity index (χ2v) is 9.58. The molecule has 0 N–H and O–H groups in total. The molecule has 3 aliphatic rings. The number of carbonyl (C=O) groups excluding carboxylic acids is 1. The molecule has 0 aliphatic carbocycles. The summed E-state index contributed by atoms with van der Waals surface area (Å²) in [5, 5.41) is 12.6. The maximum Gasteiger partial charge on any atom is 0.310 e. The molecule has 0 radical (unpaired) electrons. The topological polar surface area (TPSA) is 103 Å². The largest absolute Gasteiger partial charge is 0.463 e. The molecule has 10 heteroatoms. The first kappa shape index (κ1) is 25.0. The molecule has 10 nitrogen and oxygen atoms in total. The molecule has 0 aromatic carbocycles. The Morgan fingerprint density at radius 3 is 2.63 bits per heavy atom. The van der Waals surface area contributed by atoms with Gasteiger partial charge in [0.15, 0.2) is 0 Å². The van der Waals surface area contributed by atoms with E-state index in [1.165, 1.54) is 5.01 Å². The smallest absolute Gasteiger partial charge is 0.310 e. The van der Waals surface area contributed by atoms with Crippen molar-refractivity contribution in [3.8, 4) is 0 Å². The molecule has 0 bridgehead atoms. The van der Waals surface area contributed by atoms with Gasteiger partial charge in [0, 0.05) is 30.9 Å². The summed E-state index contributed by atoms with van der Waals surface area (Å²) in [6.45, 7) is 13.9. The fraction of sp³-hybridized carbons (Fsp3) is 0.600. The zero-order chi connectivity index (χ0) is 24.9. The number of ether oxygens (including phenoxy) is 1. The average molecular weight is 482 g/mol. The van der Waals surface area contributed by atoms with E-state index in [4.69, 9.17) is 4.74 Å². The number of nitrogens with zero attached hydrogens (tertiary/aromatic N) is 7. The minimum absolute atomic E-state index is 0.0984. The summed E-state index contributed by atoms with van der Waals surface area (Å²) >= 11 is 0. The van der Waals surface area contributed by atoms with E-state index in [0.717, 1.165) is 44.6 Å². The number of allylic oxidation sites excluding steroid dienone is 1. The molecule has 4 unspecified atom stereocenters. The second kappa shape index (κ2) is 11.1. The van der Waals surface area contributed by atoms with Crippen LogP contribution in [0.2, 0.25) is 0 Å². The van der Waals surface area contributed by atoms with Gasteiger partial charge in [0.2, 0.25) is 0 Å². The van der Waals surface area contributed by atoms with Gasteiger partial charge in [-0.15, -0.1) is 0 Å². The molecule has 188 valence electrons. The van der Waals surface area contributed by atoms with Crippen LogP contribution in [0.3, 0.4) is 0 Å². The second-order valence-electron chi connectivity index (χ2n) is 9.58. The molecule has 0 amide bonds. The van der Waals surface area contributed by atoms with Gasteiger partial charge in [0.25, 0.3) is 0 Å². The molecule has 4 heterocycles. The third-order valence-corrected chi connectivity index (χ3v) is 7.72. The molecule has 4 atom stereocenters. The summed E-state index contributed by atoms with van der Waals surface area (Å²) in [7, 11) is 1.58. The van der Waals surface area contributed by atoms with Gasteiger partial charge in [-0.25, -0.2) is 5.01 Å². The fourth-order valence-electron chi connectivity index (χ4n) is 5.63. The van der Waals surface area contributed by atoms with E-state index < -0.39 is 6.04 Å². The van der Waals surface area contributed by atoms with Gasteiger partial charge >= 0.3 is 5.97 Å². The zero-order valence-corrected chi connectivity index (χ0v) is 20.6. The summed E-state index contributed by atoms with van der Waals surface area (Å²) < 4.78 is 5.27. The SMILES string of the molecule is C=CN(/N=N\C)c1ccc(C(CN2CCC(C3CCN(C4COC(=O)C4C)C3=C)CC2)N=O)nc1. The molecule has 1 aromatic heterocycles. The van der Waals surface area contributed by atoms with Crippen molar-refractivity contribution in [3.05, 3.63) is 54.0 Å². The molecule has 3 aliphatic heterocycles. The molecular weight excluding hydrogens is 446 g/mol. The third-order valence-electron chi connectivity index (χ3n) is 7.72. The number of nitroso groups, excluding NO2 is 1. The highest BCUT2D eigenvalue weighted by molar-refractivity contribution is 5.75. The van der Waals surface area contributed by atoms with Crippen molar-refractivity contribution in [3.63, 3.8) is 0 Å². The van der Waals surface area contributed by atoms with Crippen molar-refractivity contribution < 1.29 is 9.53 Å². The Kier molecular flexibility index (Phi) is 7.90. The van der Waals surface area contributed by atoms with Crippen LogP contribution < -0.4 is 5.01 Å². The number of likely N-dealkylation sites (tertiary alicyclic amines) is 2. The predicted molar refractivity (Wildman–Crippen MR) is 133 cm³/mol. The lowest BCUT2D eigenvalue weighted by molar-refractivity contribution is -0.140. The van der Waals surface area contributed by atoms with E-state index in [2.05, 4.69) is 43.5 Å². The van der Waals surface area contributed by atoms with Gasteiger partial charge in [0.05, 0.1) is 36.6 Å². The number of carbonyl (C=O) groups is 1. The number of rotatable bonds is 9. The lowest BCUT2D eigenvalue weighted by atomic mass is 9.82. The molecule has 0 spiro atoms. The van der Waals surface area contributed by atoms with Crippen LogP contribution in [0, 0.1) is 22.7 Å². The molecular formula is C25H35N7O3. The number of hydrogen-bond donors (Lipinski definition) is 0. The van der Waals surface area contributed by atoms with Crippen molar-refractivity contribution in [1.82, 2.24) is 14.8 Å². The molecule has 3 saturated heterocycles. The van der Waals surface area contributed by atoms with E-state index in [0.29, 0.717) is 36.4 Å². The Bertz CT molecular complexity index is 958. The predicted octanol–water partition coefficient (Wildman–Crippen LogP) is 3.95. The third kappa shape index (κ3) is 5.27. The Labute approximate surface area is 206 Å². The maximum absolute atomic E-state index is 11.8.